The zero-order chi connectivity index (χ0) is 6.85. The van der Waals surface area contributed by atoms with E-state index in [9.17, 15) is 0 Å². The number of nitrogens with two attached hydrogens (primary N) is 2. The lowest BCUT2D eigenvalue weighted by molar-refractivity contribution is 0.307. The maximum Gasteiger partial charge on any atom is 0.0194 e. The second kappa shape index (κ2) is 2.67. The Kier molecular flexibility index (Phi) is 2.09. The van der Waals surface area contributed by atoms with Crippen molar-refractivity contribution < 1.29 is 0 Å². The predicted octanol–water partition coefficient (Wildman–Crippen LogP) is 0.461. The molecule has 0 aromatic heterocycles. The molecule has 1 aliphatic carbocycles. The largest absolute Gasteiger partial charge is 0.326 e. The molecule has 9 heavy (non-hydrogen) atoms. The van der Waals surface area contributed by atoms with Crippen LogP contribution in [0, 0.1) is 5.92 Å². The highest BCUT2D eigenvalue weighted by Crippen LogP contribution is 2.21. The second-order valence-corrected chi connectivity index (χ2v) is 3.25. The van der Waals surface area contributed by atoms with Gasteiger partial charge in [0.15, 0.2) is 0 Å². The van der Waals surface area contributed by atoms with Gasteiger partial charge in [0.2, 0.25) is 0 Å². The van der Waals surface area contributed by atoms with Crippen molar-refractivity contribution >= 4 is 0 Å². The maximum atomic E-state index is 5.74. The van der Waals surface area contributed by atoms with Crippen LogP contribution in [0.3, 0.4) is 0 Å². The van der Waals surface area contributed by atoms with E-state index >= 15 is 0 Å². The predicted molar refractivity (Wildman–Crippen MR) is 39.0 cm³/mol. The van der Waals surface area contributed by atoms with Crippen LogP contribution in [-0.2, 0) is 0 Å². The Morgan fingerprint density at radius 3 is 2.22 bits per heavy atom. The molecule has 2 nitrogen and oxygen atoms in total. The number of rotatable bonds is 0. The van der Waals surface area contributed by atoms with Gasteiger partial charge in [0.1, 0.15) is 0 Å². The molecule has 1 rings (SSSR count). The van der Waals surface area contributed by atoms with Crippen molar-refractivity contribution in [3.05, 3.63) is 0 Å². The third-order valence-corrected chi connectivity index (χ3v) is 2.22. The average Bonchev–Trinajstić information content (AvgIpc) is 1.80. The van der Waals surface area contributed by atoms with E-state index in [1.807, 2.05) is 0 Å². The lowest BCUT2D eigenvalue weighted by atomic mass is 9.84. The molecule has 0 aromatic rings. The summed E-state index contributed by atoms with van der Waals surface area (Å²) in [6, 6.07) is 0.523. The summed E-state index contributed by atoms with van der Waals surface area (Å²) in [5, 5.41) is 0. The summed E-state index contributed by atoms with van der Waals surface area (Å²) in [7, 11) is 0. The van der Waals surface area contributed by atoms with E-state index in [1.54, 1.807) is 0 Å². The minimum absolute atomic E-state index is 0.258. The molecule has 1 saturated carbocycles. The zero-order valence-corrected chi connectivity index (χ0v) is 6.01. The van der Waals surface area contributed by atoms with E-state index in [1.165, 1.54) is 6.42 Å². The molecule has 1 aliphatic rings. The summed E-state index contributed by atoms with van der Waals surface area (Å²) < 4.78 is 0. The molecular formula is C7H16N2. The Hall–Kier alpha value is -0.0800. The molecule has 4 N–H and O–H groups in total. The highest BCUT2D eigenvalue weighted by Gasteiger charge is 2.21. The second-order valence-electron chi connectivity index (χ2n) is 3.25. The van der Waals surface area contributed by atoms with Crippen LogP contribution in [0.15, 0.2) is 0 Å². The molecule has 0 aromatic carbocycles. The minimum Gasteiger partial charge on any atom is -0.326 e. The van der Waals surface area contributed by atoms with Crippen molar-refractivity contribution in [3.63, 3.8) is 0 Å². The summed E-state index contributed by atoms with van der Waals surface area (Å²) in [5.41, 5.74) is 11.5. The first-order chi connectivity index (χ1) is 4.20. The lowest BCUT2D eigenvalue weighted by Crippen LogP contribution is -2.45. The molecule has 3 atom stereocenters. The van der Waals surface area contributed by atoms with Gasteiger partial charge in [-0.15, -0.1) is 0 Å². The average molecular weight is 128 g/mol. The normalized spacial score (nSPS) is 45.0. The van der Waals surface area contributed by atoms with Crippen LogP contribution in [0.25, 0.3) is 0 Å². The van der Waals surface area contributed by atoms with E-state index in [4.69, 9.17) is 11.5 Å². The quantitative estimate of drug-likeness (QED) is 0.498. The Morgan fingerprint density at radius 1 is 1.11 bits per heavy atom. The molecular weight excluding hydrogens is 112 g/mol. The highest BCUT2D eigenvalue weighted by atomic mass is 14.8. The third-order valence-electron chi connectivity index (χ3n) is 2.22. The Bertz CT molecular complexity index is 92.9. The van der Waals surface area contributed by atoms with E-state index in [0.29, 0.717) is 0 Å². The molecule has 0 bridgehead atoms. The molecule has 0 amide bonds. The van der Waals surface area contributed by atoms with Crippen molar-refractivity contribution in [2.45, 2.75) is 38.3 Å². The van der Waals surface area contributed by atoms with Crippen molar-refractivity contribution in [2.24, 2.45) is 17.4 Å². The van der Waals surface area contributed by atoms with Gasteiger partial charge >= 0.3 is 0 Å². The van der Waals surface area contributed by atoms with Crippen molar-refractivity contribution in [2.75, 3.05) is 0 Å². The van der Waals surface area contributed by atoms with Crippen LogP contribution in [0.1, 0.15) is 26.2 Å². The van der Waals surface area contributed by atoms with Crippen LogP contribution in [0.4, 0.5) is 0 Å². The van der Waals surface area contributed by atoms with Gasteiger partial charge in [0, 0.05) is 12.1 Å². The van der Waals surface area contributed by atoms with Gasteiger partial charge in [-0.1, -0.05) is 6.92 Å². The lowest BCUT2D eigenvalue weighted by Gasteiger charge is -2.29. The maximum absolute atomic E-state index is 5.74. The highest BCUT2D eigenvalue weighted by molar-refractivity contribution is 4.83. The van der Waals surface area contributed by atoms with E-state index in [2.05, 4.69) is 6.92 Å². The van der Waals surface area contributed by atoms with Crippen LogP contribution >= 0.6 is 0 Å². The standard InChI is InChI=1S/C7H16N2/c1-5-2-3-6(8)7(9)4-5/h5-7H,2-4,8-9H2,1H3/t5-,6?,7?/m0/s1. The summed E-state index contributed by atoms with van der Waals surface area (Å²) >= 11 is 0. The van der Waals surface area contributed by atoms with Gasteiger partial charge in [0.25, 0.3) is 0 Å². The van der Waals surface area contributed by atoms with Crippen LogP contribution < -0.4 is 11.5 Å². The van der Waals surface area contributed by atoms with Gasteiger partial charge in [0.05, 0.1) is 0 Å². The van der Waals surface area contributed by atoms with Crippen LogP contribution in [0.5, 0.6) is 0 Å². The zero-order valence-electron chi connectivity index (χ0n) is 6.01. The molecule has 0 heterocycles. The van der Waals surface area contributed by atoms with Gasteiger partial charge < -0.3 is 11.5 Å². The number of hydrogen-bond donors (Lipinski definition) is 2. The topological polar surface area (TPSA) is 52.0 Å². The van der Waals surface area contributed by atoms with Gasteiger partial charge in [-0.2, -0.15) is 0 Å². The summed E-state index contributed by atoms with van der Waals surface area (Å²) in [6.07, 6.45) is 3.48. The molecule has 1 fully saturated rings. The monoisotopic (exact) mass is 128 g/mol. The van der Waals surface area contributed by atoms with Gasteiger partial charge in [-0.3, -0.25) is 0 Å². The molecule has 54 valence electrons. The fraction of sp³-hybridized carbons (Fsp3) is 1.00. The Labute approximate surface area is 56.6 Å². The van der Waals surface area contributed by atoms with Crippen molar-refractivity contribution in [1.29, 1.82) is 0 Å². The summed E-state index contributed by atoms with van der Waals surface area (Å²) in [4.78, 5) is 0. The molecule has 0 saturated heterocycles. The van der Waals surface area contributed by atoms with Gasteiger partial charge in [-0.25, -0.2) is 0 Å². The van der Waals surface area contributed by atoms with E-state index in [-0.39, 0.29) is 12.1 Å². The van der Waals surface area contributed by atoms with E-state index in [0.717, 1.165) is 18.8 Å². The van der Waals surface area contributed by atoms with Crippen molar-refractivity contribution in [3.8, 4) is 0 Å². The first kappa shape index (κ1) is 7.03. The van der Waals surface area contributed by atoms with Gasteiger partial charge in [-0.05, 0) is 25.2 Å². The SMILES string of the molecule is C[C@H]1CCC(N)C(N)C1. The number of hydrogen-bond acceptors (Lipinski definition) is 2. The Balaban J connectivity index is 2.35. The first-order valence-corrected chi connectivity index (χ1v) is 3.71. The summed E-state index contributed by atoms with van der Waals surface area (Å²) in [6.45, 7) is 2.24. The third kappa shape index (κ3) is 1.66. The fourth-order valence-electron chi connectivity index (χ4n) is 1.45. The van der Waals surface area contributed by atoms with Crippen LogP contribution in [-0.4, -0.2) is 12.1 Å². The molecule has 2 unspecified atom stereocenters. The Morgan fingerprint density at radius 2 is 1.78 bits per heavy atom. The molecule has 0 radical (unpaired) electrons. The van der Waals surface area contributed by atoms with Crippen molar-refractivity contribution in [1.82, 2.24) is 0 Å². The molecule has 2 heteroatoms. The smallest absolute Gasteiger partial charge is 0.0194 e. The summed E-state index contributed by atoms with van der Waals surface area (Å²) in [5.74, 6) is 0.791. The first-order valence-electron chi connectivity index (χ1n) is 3.71. The fourth-order valence-corrected chi connectivity index (χ4v) is 1.45. The van der Waals surface area contributed by atoms with Crippen LogP contribution in [0.2, 0.25) is 0 Å². The molecule has 0 aliphatic heterocycles. The molecule has 0 spiro atoms. The van der Waals surface area contributed by atoms with E-state index < -0.39 is 0 Å². The minimum atomic E-state index is 0.258.